The van der Waals surface area contributed by atoms with E-state index in [-0.39, 0.29) is 5.88 Å². The fourth-order valence-electron chi connectivity index (χ4n) is 2.10. The molecule has 0 atom stereocenters. The molecule has 0 aliphatic carbocycles. The van der Waals surface area contributed by atoms with Gasteiger partial charge in [-0.25, -0.2) is 4.98 Å². The Balaban J connectivity index is 1.72. The monoisotopic (exact) mass is 265 g/mol. The lowest BCUT2D eigenvalue weighted by molar-refractivity contribution is 0.460. The van der Waals surface area contributed by atoms with Gasteiger partial charge in [0.2, 0.25) is 11.8 Å². The SMILES string of the molecule is Oc1nc(NCCc2ccccc2)nc2ccccc12. The largest absolute Gasteiger partial charge is 0.493 e. The Hall–Kier alpha value is -2.62. The molecule has 0 unspecified atom stereocenters. The van der Waals surface area contributed by atoms with Gasteiger partial charge in [0.15, 0.2) is 0 Å². The quantitative estimate of drug-likeness (QED) is 0.761. The predicted molar refractivity (Wildman–Crippen MR) is 79.8 cm³/mol. The molecular formula is C16H15N3O. The molecule has 4 heteroatoms. The number of para-hydroxylation sites is 1. The van der Waals surface area contributed by atoms with Crippen LogP contribution >= 0.6 is 0 Å². The molecule has 0 amide bonds. The Morgan fingerprint density at radius 1 is 0.900 bits per heavy atom. The molecule has 0 aliphatic heterocycles. The molecule has 0 saturated carbocycles. The number of hydrogen-bond donors (Lipinski definition) is 2. The van der Waals surface area contributed by atoms with E-state index in [0.717, 1.165) is 18.5 Å². The minimum atomic E-state index is 0.0119. The van der Waals surface area contributed by atoms with Gasteiger partial charge in [-0.05, 0) is 24.1 Å². The normalized spacial score (nSPS) is 10.6. The van der Waals surface area contributed by atoms with Crippen molar-refractivity contribution in [3.8, 4) is 5.88 Å². The average molecular weight is 265 g/mol. The Morgan fingerprint density at radius 3 is 2.50 bits per heavy atom. The van der Waals surface area contributed by atoms with Crippen LogP contribution in [0, 0.1) is 0 Å². The molecule has 0 saturated heterocycles. The van der Waals surface area contributed by atoms with Crippen molar-refractivity contribution in [1.29, 1.82) is 0 Å². The standard InChI is InChI=1S/C16H15N3O/c20-15-13-8-4-5-9-14(13)18-16(19-15)17-11-10-12-6-2-1-3-7-12/h1-9H,10-11H2,(H2,17,18,19,20). The second-order valence-corrected chi connectivity index (χ2v) is 4.55. The topological polar surface area (TPSA) is 58.0 Å². The van der Waals surface area contributed by atoms with Crippen molar-refractivity contribution in [2.45, 2.75) is 6.42 Å². The summed E-state index contributed by atoms with van der Waals surface area (Å²) in [6.07, 6.45) is 0.887. The molecule has 0 bridgehead atoms. The highest BCUT2D eigenvalue weighted by Gasteiger charge is 2.05. The fourth-order valence-corrected chi connectivity index (χ4v) is 2.10. The first-order valence-corrected chi connectivity index (χ1v) is 6.56. The molecule has 0 fully saturated rings. The van der Waals surface area contributed by atoms with Gasteiger partial charge >= 0.3 is 0 Å². The minimum absolute atomic E-state index is 0.0119. The number of hydrogen-bond acceptors (Lipinski definition) is 4. The third-order valence-corrected chi connectivity index (χ3v) is 3.12. The van der Waals surface area contributed by atoms with Gasteiger partial charge in [0.25, 0.3) is 0 Å². The van der Waals surface area contributed by atoms with Crippen LogP contribution in [0.2, 0.25) is 0 Å². The number of nitrogens with zero attached hydrogens (tertiary/aromatic N) is 2. The predicted octanol–water partition coefficient (Wildman–Crippen LogP) is 2.99. The summed E-state index contributed by atoms with van der Waals surface area (Å²) >= 11 is 0. The highest BCUT2D eigenvalue weighted by atomic mass is 16.3. The van der Waals surface area contributed by atoms with Crippen molar-refractivity contribution in [2.75, 3.05) is 11.9 Å². The molecule has 2 N–H and O–H groups in total. The van der Waals surface area contributed by atoms with Crippen molar-refractivity contribution in [3.63, 3.8) is 0 Å². The van der Waals surface area contributed by atoms with Crippen molar-refractivity contribution >= 4 is 16.9 Å². The third-order valence-electron chi connectivity index (χ3n) is 3.12. The molecule has 100 valence electrons. The maximum atomic E-state index is 9.88. The summed E-state index contributed by atoms with van der Waals surface area (Å²) in [5, 5.41) is 13.7. The molecular weight excluding hydrogens is 250 g/mol. The van der Waals surface area contributed by atoms with E-state index < -0.39 is 0 Å². The number of fused-ring (bicyclic) bond motifs is 1. The molecule has 0 spiro atoms. The van der Waals surface area contributed by atoms with Gasteiger partial charge in [0.1, 0.15) is 0 Å². The van der Waals surface area contributed by atoms with Gasteiger partial charge in [-0.2, -0.15) is 4.98 Å². The van der Waals surface area contributed by atoms with Crippen LogP contribution in [0.1, 0.15) is 5.56 Å². The van der Waals surface area contributed by atoms with Gasteiger partial charge in [0.05, 0.1) is 10.9 Å². The van der Waals surface area contributed by atoms with Crippen LogP contribution in [0.5, 0.6) is 5.88 Å². The number of rotatable bonds is 4. The molecule has 4 nitrogen and oxygen atoms in total. The molecule has 2 aromatic carbocycles. The summed E-state index contributed by atoms with van der Waals surface area (Å²) in [5.74, 6) is 0.468. The Morgan fingerprint density at radius 2 is 1.65 bits per heavy atom. The maximum Gasteiger partial charge on any atom is 0.226 e. The van der Waals surface area contributed by atoms with Crippen molar-refractivity contribution in [2.24, 2.45) is 0 Å². The van der Waals surface area contributed by atoms with E-state index in [2.05, 4.69) is 27.4 Å². The van der Waals surface area contributed by atoms with Crippen LogP contribution in [0.25, 0.3) is 10.9 Å². The Kier molecular flexibility index (Phi) is 3.46. The van der Waals surface area contributed by atoms with Gasteiger partial charge in [-0.1, -0.05) is 42.5 Å². The summed E-state index contributed by atoms with van der Waals surface area (Å²) in [5.41, 5.74) is 1.99. The zero-order chi connectivity index (χ0) is 13.8. The zero-order valence-electron chi connectivity index (χ0n) is 11.0. The van der Waals surface area contributed by atoms with Gasteiger partial charge in [-0.3, -0.25) is 0 Å². The lowest BCUT2D eigenvalue weighted by atomic mass is 10.1. The molecule has 0 aliphatic rings. The number of aromatic hydroxyl groups is 1. The van der Waals surface area contributed by atoms with Crippen LogP contribution in [0.3, 0.4) is 0 Å². The smallest absolute Gasteiger partial charge is 0.226 e. The lowest BCUT2D eigenvalue weighted by Crippen LogP contribution is -2.08. The Labute approximate surface area is 117 Å². The molecule has 0 radical (unpaired) electrons. The molecule has 1 heterocycles. The lowest BCUT2D eigenvalue weighted by Gasteiger charge is -2.07. The van der Waals surface area contributed by atoms with E-state index in [1.165, 1.54) is 5.56 Å². The number of benzene rings is 2. The first-order chi connectivity index (χ1) is 9.83. The minimum Gasteiger partial charge on any atom is -0.493 e. The molecule has 3 rings (SSSR count). The molecule has 3 aromatic rings. The summed E-state index contributed by atoms with van der Waals surface area (Å²) in [4.78, 5) is 8.45. The number of nitrogens with one attached hydrogen (secondary N) is 1. The van der Waals surface area contributed by atoms with Crippen molar-refractivity contribution < 1.29 is 5.11 Å². The summed E-state index contributed by atoms with van der Waals surface area (Å²) in [6.45, 7) is 0.724. The first kappa shape index (κ1) is 12.4. The van der Waals surface area contributed by atoms with Crippen LogP contribution in [0.4, 0.5) is 5.95 Å². The van der Waals surface area contributed by atoms with E-state index in [1.54, 1.807) is 6.07 Å². The summed E-state index contributed by atoms with van der Waals surface area (Å²) in [7, 11) is 0. The van der Waals surface area contributed by atoms with Crippen molar-refractivity contribution in [1.82, 2.24) is 9.97 Å². The van der Waals surface area contributed by atoms with Gasteiger partial charge in [0, 0.05) is 6.54 Å². The van der Waals surface area contributed by atoms with Crippen LogP contribution < -0.4 is 5.32 Å². The maximum absolute atomic E-state index is 9.88. The van der Waals surface area contributed by atoms with Crippen LogP contribution in [-0.2, 0) is 6.42 Å². The highest BCUT2D eigenvalue weighted by molar-refractivity contribution is 5.84. The van der Waals surface area contributed by atoms with E-state index >= 15 is 0 Å². The van der Waals surface area contributed by atoms with Gasteiger partial charge < -0.3 is 10.4 Å². The highest BCUT2D eigenvalue weighted by Crippen LogP contribution is 2.22. The average Bonchev–Trinajstić information content (AvgIpc) is 2.48. The number of anilines is 1. The van der Waals surface area contributed by atoms with E-state index in [9.17, 15) is 5.11 Å². The van der Waals surface area contributed by atoms with Crippen LogP contribution in [-0.4, -0.2) is 21.6 Å². The van der Waals surface area contributed by atoms with E-state index in [1.807, 2.05) is 36.4 Å². The van der Waals surface area contributed by atoms with Crippen molar-refractivity contribution in [3.05, 3.63) is 60.2 Å². The second-order valence-electron chi connectivity index (χ2n) is 4.55. The van der Waals surface area contributed by atoms with Crippen LogP contribution in [0.15, 0.2) is 54.6 Å². The Bertz CT molecular complexity index is 713. The second kappa shape index (κ2) is 5.57. The molecule has 20 heavy (non-hydrogen) atoms. The van der Waals surface area contributed by atoms with E-state index in [0.29, 0.717) is 11.3 Å². The summed E-state index contributed by atoms with van der Waals surface area (Å²) < 4.78 is 0. The first-order valence-electron chi connectivity index (χ1n) is 6.56. The third kappa shape index (κ3) is 2.69. The number of aromatic nitrogens is 2. The fraction of sp³-hybridized carbons (Fsp3) is 0.125. The molecule has 1 aromatic heterocycles. The van der Waals surface area contributed by atoms with E-state index in [4.69, 9.17) is 0 Å². The summed E-state index contributed by atoms with van der Waals surface area (Å²) in [6, 6.07) is 17.6. The van der Waals surface area contributed by atoms with Gasteiger partial charge in [-0.15, -0.1) is 0 Å². The zero-order valence-corrected chi connectivity index (χ0v) is 11.0.